The van der Waals surface area contributed by atoms with Gasteiger partial charge in [-0.25, -0.2) is 0 Å². The molecule has 0 aromatic rings. The van der Waals surface area contributed by atoms with Crippen molar-refractivity contribution in [3.63, 3.8) is 0 Å². The average Bonchev–Trinajstić information content (AvgIpc) is 2.44. The second-order valence-electron chi connectivity index (χ2n) is 4.57. The summed E-state index contributed by atoms with van der Waals surface area (Å²) in [4.78, 5) is 13.6. The van der Waals surface area contributed by atoms with Crippen molar-refractivity contribution >= 4 is 5.78 Å². The van der Waals surface area contributed by atoms with Gasteiger partial charge in [-0.2, -0.15) is 0 Å². The first-order valence-corrected chi connectivity index (χ1v) is 5.24. The molecule has 0 aromatic carbocycles. The number of carbonyl (C=O) groups is 1. The van der Waals surface area contributed by atoms with Crippen LogP contribution < -0.4 is 0 Å². The Balaban J connectivity index is 2.71. The fourth-order valence-corrected chi connectivity index (χ4v) is 1.60. The van der Waals surface area contributed by atoms with Crippen molar-refractivity contribution in [3.8, 4) is 11.8 Å². The molecule has 0 bridgehead atoms. The van der Waals surface area contributed by atoms with Crippen LogP contribution in [-0.2, 0) is 4.79 Å². The molecule has 0 N–H and O–H groups in total. The highest BCUT2D eigenvalue weighted by molar-refractivity contribution is 5.97. The van der Waals surface area contributed by atoms with Crippen LogP contribution in [0.15, 0.2) is 0 Å². The lowest BCUT2D eigenvalue weighted by molar-refractivity contribution is -0.116. The van der Waals surface area contributed by atoms with Crippen molar-refractivity contribution in [1.82, 2.24) is 4.90 Å². The minimum absolute atomic E-state index is 0.0257. The van der Waals surface area contributed by atoms with Gasteiger partial charge in [-0.05, 0) is 39.3 Å². The molecule has 0 aromatic heterocycles. The molecule has 1 unspecified atom stereocenters. The van der Waals surface area contributed by atoms with E-state index < -0.39 is 0 Å². The van der Waals surface area contributed by atoms with Crippen LogP contribution in [0.1, 0.15) is 33.6 Å². The fraction of sp³-hybridized carbons (Fsp3) is 0.750. The number of ketones is 1. The Labute approximate surface area is 86.7 Å². The van der Waals surface area contributed by atoms with Gasteiger partial charge in [0.25, 0.3) is 0 Å². The Morgan fingerprint density at radius 2 is 2.14 bits per heavy atom. The van der Waals surface area contributed by atoms with E-state index in [-0.39, 0.29) is 17.2 Å². The van der Waals surface area contributed by atoms with E-state index >= 15 is 0 Å². The smallest absolute Gasteiger partial charge is 0.208 e. The molecule has 1 rings (SSSR count). The van der Waals surface area contributed by atoms with Crippen LogP contribution in [0.4, 0.5) is 0 Å². The van der Waals surface area contributed by atoms with Crippen molar-refractivity contribution < 1.29 is 4.79 Å². The molecule has 1 saturated heterocycles. The number of nitrogens with zero attached hydrogens (tertiary/aromatic N) is 1. The molecule has 2 heteroatoms. The maximum Gasteiger partial charge on any atom is 0.208 e. The van der Waals surface area contributed by atoms with Crippen molar-refractivity contribution in [3.05, 3.63) is 0 Å². The van der Waals surface area contributed by atoms with E-state index in [1.165, 1.54) is 6.42 Å². The maximum absolute atomic E-state index is 11.4. The van der Waals surface area contributed by atoms with Gasteiger partial charge in [0.2, 0.25) is 5.78 Å². The summed E-state index contributed by atoms with van der Waals surface area (Å²) in [6.07, 6.45) is 2.25. The zero-order chi connectivity index (χ0) is 10.8. The summed E-state index contributed by atoms with van der Waals surface area (Å²) in [5, 5.41) is 0. The van der Waals surface area contributed by atoms with E-state index in [4.69, 9.17) is 0 Å². The zero-order valence-corrected chi connectivity index (χ0v) is 9.55. The lowest BCUT2D eigenvalue weighted by atomic mass is 9.99. The van der Waals surface area contributed by atoms with Crippen molar-refractivity contribution in [2.24, 2.45) is 5.92 Å². The van der Waals surface area contributed by atoms with E-state index in [9.17, 15) is 4.79 Å². The molecule has 1 aliphatic rings. The van der Waals surface area contributed by atoms with Gasteiger partial charge in [0, 0.05) is 5.92 Å². The van der Waals surface area contributed by atoms with Crippen LogP contribution in [0.5, 0.6) is 0 Å². The topological polar surface area (TPSA) is 20.3 Å². The molecule has 1 atom stereocenters. The minimum Gasteiger partial charge on any atom is -0.291 e. The quantitative estimate of drug-likeness (QED) is 0.466. The van der Waals surface area contributed by atoms with E-state index in [2.05, 4.69) is 30.7 Å². The van der Waals surface area contributed by atoms with Crippen molar-refractivity contribution in [2.75, 3.05) is 13.6 Å². The van der Waals surface area contributed by atoms with E-state index in [0.717, 1.165) is 13.0 Å². The van der Waals surface area contributed by atoms with E-state index in [1.54, 1.807) is 0 Å². The molecule has 2 nitrogen and oxygen atoms in total. The summed E-state index contributed by atoms with van der Waals surface area (Å²) in [5.74, 6) is 5.95. The Bertz CT molecular complexity index is 284. The maximum atomic E-state index is 11.4. The number of Topliss-reactive ketones (excluding diaryl/α,β-unsaturated/α-hetero) is 1. The second-order valence-corrected chi connectivity index (χ2v) is 4.57. The summed E-state index contributed by atoms with van der Waals surface area (Å²) >= 11 is 0. The number of hydrogen-bond donors (Lipinski definition) is 0. The average molecular weight is 193 g/mol. The van der Waals surface area contributed by atoms with Gasteiger partial charge in [0.15, 0.2) is 0 Å². The summed E-state index contributed by atoms with van der Waals surface area (Å²) < 4.78 is 0. The lowest BCUT2D eigenvalue weighted by Gasteiger charge is -2.25. The van der Waals surface area contributed by atoms with Gasteiger partial charge < -0.3 is 0 Å². The molecule has 1 heterocycles. The number of hydrogen-bond acceptors (Lipinski definition) is 2. The molecule has 0 radical (unpaired) electrons. The summed E-state index contributed by atoms with van der Waals surface area (Å²) in [6.45, 7) is 6.97. The van der Waals surface area contributed by atoms with Gasteiger partial charge in [-0.15, -0.1) is 0 Å². The molecular weight excluding hydrogens is 174 g/mol. The number of carbonyl (C=O) groups excluding carboxylic acids is 1. The fourth-order valence-electron chi connectivity index (χ4n) is 1.60. The monoisotopic (exact) mass is 193 g/mol. The standard InChI is InChI=1S/C12H19NO/c1-10(2)11(14)6-8-12(3)7-5-9-13(12)4/h10H,5,7,9H2,1-4H3. The summed E-state index contributed by atoms with van der Waals surface area (Å²) in [5.41, 5.74) is -0.0788. The Hall–Kier alpha value is -0.810. The van der Waals surface area contributed by atoms with Gasteiger partial charge in [-0.3, -0.25) is 9.69 Å². The highest BCUT2D eigenvalue weighted by atomic mass is 16.1. The SMILES string of the molecule is CC(C)C(=O)C#CC1(C)CCCN1C. The van der Waals surface area contributed by atoms with Crippen LogP contribution in [-0.4, -0.2) is 29.8 Å². The van der Waals surface area contributed by atoms with Crippen LogP contribution in [0.2, 0.25) is 0 Å². The highest BCUT2D eigenvalue weighted by Gasteiger charge is 2.31. The molecule has 0 saturated carbocycles. The van der Waals surface area contributed by atoms with Crippen molar-refractivity contribution in [2.45, 2.75) is 39.2 Å². The predicted molar refractivity (Wildman–Crippen MR) is 57.9 cm³/mol. The van der Waals surface area contributed by atoms with Crippen LogP contribution in [0, 0.1) is 17.8 Å². The van der Waals surface area contributed by atoms with Gasteiger partial charge in [-0.1, -0.05) is 19.8 Å². The number of rotatable bonds is 1. The normalized spacial score (nSPS) is 27.5. The minimum atomic E-state index is -0.0788. The first-order valence-electron chi connectivity index (χ1n) is 5.24. The third-order valence-corrected chi connectivity index (χ3v) is 2.98. The molecule has 0 spiro atoms. The Kier molecular flexibility index (Phi) is 3.34. The van der Waals surface area contributed by atoms with E-state index in [0.29, 0.717) is 0 Å². The van der Waals surface area contributed by atoms with Gasteiger partial charge in [0.1, 0.15) is 0 Å². The molecule has 0 amide bonds. The van der Waals surface area contributed by atoms with Gasteiger partial charge >= 0.3 is 0 Å². The molecule has 78 valence electrons. The second kappa shape index (κ2) is 4.14. The van der Waals surface area contributed by atoms with Crippen LogP contribution >= 0.6 is 0 Å². The predicted octanol–water partition coefficient (Wildman–Crippen LogP) is 1.70. The van der Waals surface area contributed by atoms with Crippen molar-refractivity contribution in [1.29, 1.82) is 0 Å². The molecular formula is C12H19NO. The first kappa shape index (κ1) is 11.3. The largest absolute Gasteiger partial charge is 0.291 e. The van der Waals surface area contributed by atoms with E-state index in [1.807, 2.05) is 13.8 Å². The first-order chi connectivity index (χ1) is 6.46. The molecule has 1 fully saturated rings. The van der Waals surface area contributed by atoms with Gasteiger partial charge in [0.05, 0.1) is 5.54 Å². The summed E-state index contributed by atoms with van der Waals surface area (Å²) in [6, 6.07) is 0. The van der Waals surface area contributed by atoms with Crippen LogP contribution in [0.3, 0.4) is 0 Å². The third kappa shape index (κ3) is 2.36. The lowest BCUT2D eigenvalue weighted by Crippen LogP contribution is -2.36. The number of likely N-dealkylation sites (tertiary alicyclic amines) is 1. The molecule has 14 heavy (non-hydrogen) atoms. The molecule has 1 aliphatic heterocycles. The zero-order valence-electron chi connectivity index (χ0n) is 9.55. The van der Waals surface area contributed by atoms with Crippen LogP contribution in [0.25, 0.3) is 0 Å². The third-order valence-electron chi connectivity index (χ3n) is 2.98. The Morgan fingerprint density at radius 3 is 2.57 bits per heavy atom. The summed E-state index contributed by atoms with van der Waals surface area (Å²) in [7, 11) is 2.07. The molecule has 0 aliphatic carbocycles. The highest BCUT2D eigenvalue weighted by Crippen LogP contribution is 2.25. The Morgan fingerprint density at radius 1 is 1.50 bits per heavy atom.